The molecule has 0 spiro atoms. The summed E-state index contributed by atoms with van der Waals surface area (Å²) >= 11 is 0. The van der Waals surface area contributed by atoms with E-state index in [9.17, 15) is 9.18 Å². The summed E-state index contributed by atoms with van der Waals surface area (Å²) in [6.07, 6.45) is 0.224. The van der Waals surface area contributed by atoms with Crippen LogP contribution in [0.3, 0.4) is 0 Å². The number of rotatable bonds is 3. The number of carbonyl (C=O) groups excluding carboxylic acids is 1. The molecule has 2 aliphatic rings. The normalized spacial score (nSPS) is 19.7. The van der Waals surface area contributed by atoms with Crippen molar-refractivity contribution in [3.05, 3.63) is 47.4 Å². The van der Waals surface area contributed by atoms with Crippen LogP contribution >= 0.6 is 0 Å². The number of esters is 1. The molecular weight excluding hydrogens is 337 g/mol. The fraction of sp³-hybridized carbons (Fsp3) is 0.368. The summed E-state index contributed by atoms with van der Waals surface area (Å²) in [7, 11) is 1.51. The summed E-state index contributed by atoms with van der Waals surface area (Å²) < 4.78 is 25.4. The fourth-order valence-corrected chi connectivity index (χ4v) is 3.42. The van der Waals surface area contributed by atoms with Gasteiger partial charge in [0.15, 0.2) is 0 Å². The van der Waals surface area contributed by atoms with E-state index in [0.717, 1.165) is 31.9 Å². The molecule has 1 aromatic carbocycles. The van der Waals surface area contributed by atoms with Crippen molar-refractivity contribution in [3.8, 4) is 11.6 Å². The number of benzene rings is 1. The Labute approximate surface area is 150 Å². The average molecular weight is 357 g/mol. The summed E-state index contributed by atoms with van der Waals surface area (Å²) in [5.41, 5.74) is 1.68. The minimum Gasteiger partial charge on any atom is -0.481 e. The number of ether oxygens (including phenoxy) is 2. The lowest BCUT2D eigenvalue weighted by Crippen LogP contribution is -2.43. The molecule has 7 heteroatoms. The first-order chi connectivity index (χ1) is 12.7. The third kappa shape index (κ3) is 3.10. The monoisotopic (exact) mass is 357 g/mol. The quantitative estimate of drug-likeness (QED) is 0.669. The van der Waals surface area contributed by atoms with Crippen LogP contribution < -0.4 is 19.7 Å². The van der Waals surface area contributed by atoms with Crippen molar-refractivity contribution in [2.45, 2.75) is 12.3 Å². The van der Waals surface area contributed by atoms with E-state index in [1.807, 2.05) is 0 Å². The third-order valence-corrected chi connectivity index (χ3v) is 4.84. The Morgan fingerprint density at radius 3 is 2.88 bits per heavy atom. The maximum absolute atomic E-state index is 14.8. The molecule has 2 aliphatic heterocycles. The molecule has 0 radical (unpaired) electrons. The van der Waals surface area contributed by atoms with Crippen molar-refractivity contribution in [1.29, 1.82) is 0 Å². The largest absolute Gasteiger partial charge is 0.481 e. The maximum atomic E-state index is 14.8. The smallest absolute Gasteiger partial charge is 0.320 e. The Balaban J connectivity index is 1.64. The molecule has 1 atom stereocenters. The molecule has 1 fully saturated rings. The van der Waals surface area contributed by atoms with Gasteiger partial charge in [-0.1, -0.05) is 6.07 Å². The van der Waals surface area contributed by atoms with Crippen LogP contribution in [0, 0.1) is 5.82 Å². The second-order valence-electron chi connectivity index (χ2n) is 6.42. The Morgan fingerprint density at radius 1 is 1.31 bits per heavy atom. The highest BCUT2D eigenvalue weighted by molar-refractivity contribution is 5.83. The van der Waals surface area contributed by atoms with Gasteiger partial charge in [-0.3, -0.25) is 4.79 Å². The number of fused-ring (bicyclic) bond motifs is 1. The van der Waals surface area contributed by atoms with Gasteiger partial charge in [0.25, 0.3) is 0 Å². The number of pyridine rings is 1. The Bertz CT molecular complexity index is 837. The van der Waals surface area contributed by atoms with E-state index in [2.05, 4.69) is 15.2 Å². The number of hydrogen-bond donors (Lipinski definition) is 1. The lowest BCUT2D eigenvalue weighted by molar-refractivity contribution is -0.137. The highest BCUT2D eigenvalue weighted by Gasteiger charge is 2.33. The van der Waals surface area contributed by atoms with Crippen LogP contribution in [0.5, 0.6) is 11.6 Å². The SMILES string of the molecule is COc1cccc(C2Cc3c(F)cc(N4CCNCC4)cc3OC2=O)n1. The van der Waals surface area contributed by atoms with Crippen molar-refractivity contribution >= 4 is 11.7 Å². The van der Waals surface area contributed by atoms with Gasteiger partial charge in [0.2, 0.25) is 5.88 Å². The van der Waals surface area contributed by atoms with Gasteiger partial charge in [-0.15, -0.1) is 0 Å². The standard InChI is InChI=1S/C19H20FN3O3/c1-25-18-4-2-3-16(22-18)14-11-13-15(20)9-12(10-17(13)26-19(14)24)23-7-5-21-6-8-23/h2-4,9-10,14,21H,5-8,11H2,1H3. The van der Waals surface area contributed by atoms with E-state index < -0.39 is 11.9 Å². The van der Waals surface area contributed by atoms with Gasteiger partial charge in [0.1, 0.15) is 17.5 Å². The van der Waals surface area contributed by atoms with Crippen LogP contribution in [0.1, 0.15) is 17.2 Å². The number of piperazine rings is 1. The van der Waals surface area contributed by atoms with Crippen LogP contribution in [0.2, 0.25) is 0 Å². The number of methoxy groups -OCH3 is 1. The van der Waals surface area contributed by atoms with Gasteiger partial charge >= 0.3 is 5.97 Å². The fourth-order valence-electron chi connectivity index (χ4n) is 3.42. The first-order valence-electron chi connectivity index (χ1n) is 8.66. The summed E-state index contributed by atoms with van der Waals surface area (Å²) in [5.74, 6) is -0.693. The van der Waals surface area contributed by atoms with Crippen molar-refractivity contribution in [3.63, 3.8) is 0 Å². The van der Waals surface area contributed by atoms with E-state index in [1.165, 1.54) is 13.2 Å². The molecule has 0 saturated carbocycles. The van der Waals surface area contributed by atoms with Crippen molar-refractivity contribution in [2.24, 2.45) is 0 Å². The number of hydrogen-bond acceptors (Lipinski definition) is 6. The van der Waals surface area contributed by atoms with Crippen LogP contribution in [0.4, 0.5) is 10.1 Å². The van der Waals surface area contributed by atoms with E-state index >= 15 is 0 Å². The molecule has 26 heavy (non-hydrogen) atoms. The topological polar surface area (TPSA) is 63.7 Å². The Kier molecular flexibility index (Phi) is 4.46. The molecule has 0 amide bonds. The lowest BCUT2D eigenvalue weighted by atomic mass is 9.92. The molecule has 0 bridgehead atoms. The number of aromatic nitrogens is 1. The van der Waals surface area contributed by atoms with Crippen molar-refractivity contribution < 1.29 is 18.7 Å². The van der Waals surface area contributed by atoms with Crippen molar-refractivity contribution in [1.82, 2.24) is 10.3 Å². The minimum atomic E-state index is -0.642. The molecule has 1 aromatic heterocycles. The van der Waals surface area contributed by atoms with Crippen LogP contribution in [-0.2, 0) is 11.2 Å². The lowest BCUT2D eigenvalue weighted by Gasteiger charge is -2.31. The molecule has 4 rings (SSSR count). The zero-order valence-electron chi connectivity index (χ0n) is 14.5. The Hall–Kier alpha value is -2.67. The van der Waals surface area contributed by atoms with Gasteiger partial charge in [0, 0.05) is 49.6 Å². The predicted molar refractivity (Wildman–Crippen MR) is 94.4 cm³/mol. The maximum Gasteiger partial charge on any atom is 0.320 e. The molecule has 2 aromatic rings. The highest BCUT2D eigenvalue weighted by atomic mass is 19.1. The van der Waals surface area contributed by atoms with Crippen LogP contribution in [0.25, 0.3) is 0 Å². The third-order valence-electron chi connectivity index (χ3n) is 4.84. The average Bonchev–Trinajstić information content (AvgIpc) is 2.68. The van der Waals surface area contributed by atoms with E-state index in [4.69, 9.17) is 9.47 Å². The molecule has 1 saturated heterocycles. The number of nitrogens with one attached hydrogen (secondary N) is 1. The minimum absolute atomic E-state index is 0.224. The number of carbonyl (C=O) groups is 1. The number of halogens is 1. The number of nitrogens with zero attached hydrogens (tertiary/aromatic N) is 2. The summed E-state index contributed by atoms with van der Waals surface area (Å²) in [5, 5.41) is 3.26. The second-order valence-corrected chi connectivity index (χ2v) is 6.42. The molecular formula is C19H20FN3O3. The number of anilines is 1. The summed E-state index contributed by atoms with van der Waals surface area (Å²) in [4.78, 5) is 18.9. The van der Waals surface area contributed by atoms with Gasteiger partial charge in [-0.2, -0.15) is 0 Å². The molecule has 6 nitrogen and oxygen atoms in total. The first-order valence-corrected chi connectivity index (χ1v) is 8.66. The zero-order chi connectivity index (χ0) is 18.1. The van der Waals surface area contributed by atoms with E-state index in [-0.39, 0.29) is 12.2 Å². The van der Waals surface area contributed by atoms with Gasteiger partial charge in [-0.05, 0) is 18.6 Å². The van der Waals surface area contributed by atoms with Gasteiger partial charge < -0.3 is 19.7 Å². The van der Waals surface area contributed by atoms with Gasteiger partial charge in [0.05, 0.1) is 12.8 Å². The molecule has 1 N–H and O–H groups in total. The molecule has 136 valence electrons. The Morgan fingerprint density at radius 2 is 2.12 bits per heavy atom. The summed E-state index contributed by atoms with van der Waals surface area (Å²) in [6.45, 7) is 3.29. The van der Waals surface area contributed by atoms with Gasteiger partial charge in [-0.25, -0.2) is 9.37 Å². The van der Waals surface area contributed by atoms with E-state index in [1.54, 1.807) is 24.3 Å². The summed E-state index contributed by atoms with van der Waals surface area (Å²) in [6, 6.07) is 8.47. The van der Waals surface area contributed by atoms with Crippen LogP contribution in [-0.4, -0.2) is 44.2 Å². The second kappa shape index (κ2) is 6.92. The predicted octanol–water partition coefficient (Wildman–Crippen LogP) is 1.88. The molecule has 0 aliphatic carbocycles. The molecule has 3 heterocycles. The molecule has 1 unspecified atom stereocenters. The zero-order valence-corrected chi connectivity index (χ0v) is 14.5. The van der Waals surface area contributed by atoms with E-state index in [0.29, 0.717) is 22.9 Å². The first kappa shape index (κ1) is 16.8. The highest BCUT2D eigenvalue weighted by Crippen LogP contribution is 2.37. The van der Waals surface area contributed by atoms with Crippen LogP contribution in [0.15, 0.2) is 30.3 Å². The van der Waals surface area contributed by atoms with Crippen molar-refractivity contribution in [2.75, 3.05) is 38.2 Å².